The molecule has 0 aliphatic rings. The lowest BCUT2D eigenvalue weighted by molar-refractivity contribution is -0.111. The molecule has 182 valence electrons. The molecule has 1 N–H and O–H groups in total. The molecule has 0 radical (unpaired) electrons. The van der Waals surface area contributed by atoms with Gasteiger partial charge in [0.1, 0.15) is 5.75 Å². The third kappa shape index (κ3) is 6.25. The molecule has 0 bridgehead atoms. The van der Waals surface area contributed by atoms with Gasteiger partial charge in [0, 0.05) is 16.8 Å². The molecule has 0 saturated heterocycles. The first-order valence-corrected chi connectivity index (χ1v) is 11.7. The van der Waals surface area contributed by atoms with Gasteiger partial charge < -0.3 is 10.1 Å². The minimum Gasteiger partial charge on any atom is -0.434 e. The van der Waals surface area contributed by atoms with Crippen molar-refractivity contribution in [3.05, 3.63) is 120 Å². The number of benzene rings is 4. The smallest absolute Gasteiger partial charge is 0.387 e. The largest absolute Gasteiger partial charge is 0.434 e. The van der Waals surface area contributed by atoms with Gasteiger partial charge in [-0.3, -0.25) is 4.79 Å². The highest BCUT2D eigenvalue weighted by atomic mass is 19.3. The summed E-state index contributed by atoms with van der Waals surface area (Å²) in [5.41, 5.74) is 5.23. The second kappa shape index (κ2) is 11.5. The first-order valence-electron chi connectivity index (χ1n) is 11.7. The summed E-state index contributed by atoms with van der Waals surface area (Å²) in [5, 5.41) is 2.94. The second-order valence-electron chi connectivity index (χ2n) is 8.65. The number of para-hydroxylation sites is 1. The third-order valence-corrected chi connectivity index (χ3v) is 5.82. The Morgan fingerprint density at radius 2 is 1.39 bits per heavy atom. The number of halogens is 2. The molecule has 0 fully saturated rings. The van der Waals surface area contributed by atoms with E-state index >= 15 is 0 Å². The number of anilines is 1. The monoisotopic (exact) mass is 483 g/mol. The van der Waals surface area contributed by atoms with Crippen LogP contribution in [0.25, 0.3) is 22.8 Å². The number of amides is 1. The number of ether oxygens (including phenoxy) is 1. The standard InChI is InChI=1S/C31H27F2NO2/c1-21(2)22-16-18-27(19-17-22)34-30(35)28(20-26-10-6-7-11-29(26)36-31(32)33)25-14-12-24(13-15-25)23-8-4-3-5-9-23/h3-21,31H,1-2H3,(H,34,35). The molecule has 5 heteroatoms. The van der Waals surface area contributed by atoms with E-state index in [0.717, 1.165) is 11.1 Å². The Morgan fingerprint density at radius 1 is 0.778 bits per heavy atom. The van der Waals surface area contributed by atoms with Gasteiger partial charge in [-0.25, -0.2) is 0 Å². The molecular formula is C31H27F2NO2. The summed E-state index contributed by atoms with van der Waals surface area (Å²) < 4.78 is 30.6. The predicted molar refractivity (Wildman–Crippen MR) is 142 cm³/mol. The van der Waals surface area contributed by atoms with Crippen molar-refractivity contribution in [3.8, 4) is 16.9 Å². The summed E-state index contributed by atoms with van der Waals surface area (Å²) in [5.74, 6) is 0.0197. The summed E-state index contributed by atoms with van der Waals surface area (Å²) in [4.78, 5) is 13.5. The third-order valence-electron chi connectivity index (χ3n) is 5.82. The van der Waals surface area contributed by atoms with E-state index < -0.39 is 6.61 Å². The van der Waals surface area contributed by atoms with Gasteiger partial charge in [0.25, 0.3) is 5.91 Å². The Kier molecular flexibility index (Phi) is 7.91. The number of alkyl halides is 2. The fourth-order valence-corrected chi connectivity index (χ4v) is 3.86. The Balaban J connectivity index is 1.71. The number of carbonyl (C=O) groups is 1. The van der Waals surface area contributed by atoms with Gasteiger partial charge in [0.05, 0.1) is 0 Å². The van der Waals surface area contributed by atoms with Crippen molar-refractivity contribution >= 4 is 23.2 Å². The summed E-state index contributed by atoms with van der Waals surface area (Å²) in [6, 6.07) is 31.6. The zero-order valence-electron chi connectivity index (χ0n) is 20.1. The van der Waals surface area contributed by atoms with Crippen molar-refractivity contribution in [1.29, 1.82) is 0 Å². The maximum Gasteiger partial charge on any atom is 0.387 e. The van der Waals surface area contributed by atoms with E-state index in [1.165, 1.54) is 11.6 Å². The van der Waals surface area contributed by atoms with Crippen LogP contribution in [0.2, 0.25) is 0 Å². The van der Waals surface area contributed by atoms with E-state index in [0.29, 0.717) is 28.3 Å². The zero-order chi connectivity index (χ0) is 25.5. The van der Waals surface area contributed by atoms with Crippen molar-refractivity contribution in [2.45, 2.75) is 26.4 Å². The highest BCUT2D eigenvalue weighted by Crippen LogP contribution is 2.29. The van der Waals surface area contributed by atoms with Crippen molar-refractivity contribution in [3.63, 3.8) is 0 Å². The van der Waals surface area contributed by atoms with Gasteiger partial charge >= 0.3 is 6.61 Å². The van der Waals surface area contributed by atoms with Gasteiger partial charge in [-0.1, -0.05) is 98.8 Å². The van der Waals surface area contributed by atoms with Crippen LogP contribution in [0, 0.1) is 0 Å². The van der Waals surface area contributed by atoms with Gasteiger partial charge in [0.2, 0.25) is 0 Å². The van der Waals surface area contributed by atoms with E-state index in [4.69, 9.17) is 0 Å². The molecule has 36 heavy (non-hydrogen) atoms. The summed E-state index contributed by atoms with van der Waals surface area (Å²) in [6.45, 7) is 1.24. The lowest BCUT2D eigenvalue weighted by atomic mass is 9.98. The summed E-state index contributed by atoms with van der Waals surface area (Å²) in [6.07, 6.45) is 1.58. The SMILES string of the molecule is CC(C)c1ccc(NC(=O)C(=Cc2ccccc2OC(F)F)c2ccc(-c3ccccc3)cc2)cc1. The minimum absolute atomic E-state index is 0.00000738. The van der Waals surface area contributed by atoms with E-state index in [-0.39, 0.29) is 11.7 Å². The number of nitrogens with one attached hydrogen (secondary N) is 1. The molecule has 0 aliphatic carbocycles. The first kappa shape index (κ1) is 24.9. The van der Waals surface area contributed by atoms with Crippen LogP contribution < -0.4 is 10.1 Å². The van der Waals surface area contributed by atoms with E-state index in [9.17, 15) is 13.6 Å². The van der Waals surface area contributed by atoms with Gasteiger partial charge in [-0.05, 0) is 52.4 Å². The lowest BCUT2D eigenvalue weighted by Crippen LogP contribution is -2.14. The molecule has 3 nitrogen and oxygen atoms in total. The maximum absolute atomic E-state index is 13.5. The van der Waals surface area contributed by atoms with Crippen LogP contribution in [0.4, 0.5) is 14.5 Å². The second-order valence-corrected chi connectivity index (χ2v) is 8.65. The average molecular weight is 484 g/mol. The fourth-order valence-electron chi connectivity index (χ4n) is 3.86. The Labute approximate surface area is 210 Å². The number of hydrogen-bond donors (Lipinski definition) is 1. The van der Waals surface area contributed by atoms with Crippen LogP contribution in [0.3, 0.4) is 0 Å². The van der Waals surface area contributed by atoms with Gasteiger partial charge in [-0.2, -0.15) is 8.78 Å². The highest BCUT2D eigenvalue weighted by Gasteiger charge is 2.16. The normalized spacial score (nSPS) is 11.6. The van der Waals surface area contributed by atoms with Crippen molar-refractivity contribution < 1.29 is 18.3 Å². The molecule has 4 aromatic carbocycles. The number of rotatable bonds is 8. The van der Waals surface area contributed by atoms with E-state index in [2.05, 4.69) is 23.9 Å². The number of carbonyl (C=O) groups excluding carboxylic acids is 1. The molecule has 0 aliphatic heterocycles. The quantitative estimate of drug-likeness (QED) is 0.202. The molecule has 0 heterocycles. The molecular weight excluding hydrogens is 456 g/mol. The predicted octanol–water partition coefficient (Wildman–Crippen LogP) is 8.26. The Morgan fingerprint density at radius 3 is 2.03 bits per heavy atom. The molecule has 4 aromatic rings. The lowest BCUT2D eigenvalue weighted by Gasteiger charge is -2.13. The topological polar surface area (TPSA) is 38.3 Å². The van der Waals surface area contributed by atoms with Crippen molar-refractivity contribution in [2.75, 3.05) is 5.32 Å². The molecule has 0 saturated carbocycles. The van der Waals surface area contributed by atoms with E-state index in [1.807, 2.05) is 78.9 Å². The van der Waals surface area contributed by atoms with Gasteiger partial charge in [0.15, 0.2) is 0 Å². The minimum atomic E-state index is -2.97. The fraction of sp³-hybridized carbons (Fsp3) is 0.129. The Hall–Kier alpha value is -4.25. The maximum atomic E-state index is 13.5. The van der Waals surface area contributed by atoms with Crippen molar-refractivity contribution in [1.82, 2.24) is 0 Å². The van der Waals surface area contributed by atoms with Gasteiger partial charge in [-0.15, -0.1) is 0 Å². The molecule has 0 unspecified atom stereocenters. The van der Waals surface area contributed by atoms with Crippen molar-refractivity contribution in [2.24, 2.45) is 0 Å². The first-order chi connectivity index (χ1) is 17.4. The summed E-state index contributed by atoms with van der Waals surface area (Å²) in [7, 11) is 0. The van der Waals surface area contributed by atoms with Crippen LogP contribution >= 0.6 is 0 Å². The molecule has 0 atom stereocenters. The van der Waals surface area contributed by atoms with E-state index in [1.54, 1.807) is 24.3 Å². The summed E-state index contributed by atoms with van der Waals surface area (Å²) >= 11 is 0. The highest BCUT2D eigenvalue weighted by molar-refractivity contribution is 6.29. The van der Waals surface area contributed by atoms with Crippen LogP contribution in [-0.4, -0.2) is 12.5 Å². The van der Waals surface area contributed by atoms with Crippen LogP contribution in [0.1, 0.15) is 36.5 Å². The Bertz CT molecular complexity index is 1330. The molecule has 1 amide bonds. The number of hydrogen-bond acceptors (Lipinski definition) is 2. The molecule has 0 spiro atoms. The average Bonchev–Trinajstić information content (AvgIpc) is 2.89. The zero-order valence-corrected chi connectivity index (χ0v) is 20.1. The molecule has 4 rings (SSSR count). The van der Waals surface area contributed by atoms with Crippen LogP contribution in [0.15, 0.2) is 103 Å². The van der Waals surface area contributed by atoms with Crippen LogP contribution in [0.5, 0.6) is 5.75 Å². The van der Waals surface area contributed by atoms with Crippen LogP contribution in [-0.2, 0) is 4.79 Å². The molecule has 0 aromatic heterocycles.